The van der Waals surface area contributed by atoms with Gasteiger partial charge in [-0.2, -0.15) is 0 Å². The van der Waals surface area contributed by atoms with Crippen LogP contribution in [0.4, 0.5) is 4.39 Å². The molecular formula is C17H20FNOS. The average molecular weight is 305 g/mol. The molecule has 0 aliphatic heterocycles. The van der Waals surface area contributed by atoms with E-state index in [0.717, 1.165) is 13.0 Å². The van der Waals surface area contributed by atoms with E-state index in [-0.39, 0.29) is 11.6 Å². The highest BCUT2D eigenvalue weighted by Gasteiger charge is 2.10. The molecule has 112 valence electrons. The van der Waals surface area contributed by atoms with E-state index < -0.39 is 0 Å². The number of thiophene rings is 1. The zero-order valence-electron chi connectivity index (χ0n) is 12.4. The Labute approximate surface area is 129 Å². The maximum absolute atomic E-state index is 13.5. The van der Waals surface area contributed by atoms with Crippen molar-refractivity contribution in [1.29, 1.82) is 0 Å². The van der Waals surface area contributed by atoms with E-state index in [0.29, 0.717) is 24.1 Å². The van der Waals surface area contributed by atoms with Crippen LogP contribution < -0.4 is 0 Å². The van der Waals surface area contributed by atoms with Crippen LogP contribution in [0.2, 0.25) is 0 Å². The molecule has 0 atom stereocenters. The molecule has 1 aromatic heterocycles. The van der Waals surface area contributed by atoms with Crippen LogP contribution in [0.25, 0.3) is 0 Å². The fraction of sp³-hybridized carbons (Fsp3) is 0.353. The first-order valence-corrected chi connectivity index (χ1v) is 7.94. The van der Waals surface area contributed by atoms with Gasteiger partial charge >= 0.3 is 0 Å². The summed E-state index contributed by atoms with van der Waals surface area (Å²) in [5.74, 6) is -0.316. The van der Waals surface area contributed by atoms with Crippen molar-refractivity contribution in [3.8, 4) is 0 Å². The van der Waals surface area contributed by atoms with E-state index in [1.165, 1.54) is 10.9 Å². The van der Waals surface area contributed by atoms with Crippen molar-refractivity contribution < 1.29 is 9.18 Å². The first-order valence-electron chi connectivity index (χ1n) is 7.06. The number of halogens is 1. The predicted octanol–water partition coefficient (Wildman–Crippen LogP) is 3.94. The average Bonchev–Trinajstić information content (AvgIpc) is 2.98. The normalized spacial score (nSPS) is 11.0. The Kier molecular flexibility index (Phi) is 5.65. The Balaban J connectivity index is 1.78. The van der Waals surface area contributed by atoms with Crippen LogP contribution in [-0.2, 0) is 6.42 Å². The number of rotatable bonds is 7. The van der Waals surface area contributed by atoms with Crippen molar-refractivity contribution in [2.24, 2.45) is 0 Å². The van der Waals surface area contributed by atoms with Crippen molar-refractivity contribution in [3.05, 3.63) is 57.5 Å². The molecule has 1 aromatic carbocycles. The first kappa shape index (κ1) is 15.9. The molecule has 2 nitrogen and oxygen atoms in total. The number of likely N-dealkylation sites (N-methyl/N-ethyl adjacent to an activating group) is 1. The molecule has 0 aliphatic rings. The van der Waals surface area contributed by atoms with Gasteiger partial charge in [0.25, 0.3) is 0 Å². The molecule has 0 spiro atoms. The zero-order valence-corrected chi connectivity index (χ0v) is 13.3. The van der Waals surface area contributed by atoms with Crippen molar-refractivity contribution in [2.75, 3.05) is 20.1 Å². The van der Waals surface area contributed by atoms with Gasteiger partial charge in [-0.15, -0.1) is 11.3 Å². The largest absolute Gasteiger partial charge is 0.306 e. The fourth-order valence-electron chi connectivity index (χ4n) is 2.07. The summed E-state index contributed by atoms with van der Waals surface area (Å²) < 4.78 is 13.5. The van der Waals surface area contributed by atoms with Gasteiger partial charge in [0.2, 0.25) is 0 Å². The minimum absolute atomic E-state index is 0.00289. The maximum Gasteiger partial charge on any atom is 0.164 e. The number of aryl methyl sites for hydroxylation is 1. The van der Waals surface area contributed by atoms with Crippen LogP contribution in [-0.4, -0.2) is 30.8 Å². The third kappa shape index (κ3) is 4.76. The Hall–Kier alpha value is -1.52. The summed E-state index contributed by atoms with van der Waals surface area (Å²) in [5.41, 5.74) is 1.03. The van der Waals surface area contributed by atoms with Crippen LogP contribution in [0, 0.1) is 12.7 Å². The number of Topliss-reactive ketones (excluding diaryl/α,β-unsaturated/α-hetero) is 1. The monoisotopic (exact) mass is 305 g/mol. The lowest BCUT2D eigenvalue weighted by atomic mass is 10.1. The van der Waals surface area contributed by atoms with Gasteiger partial charge in [-0.05, 0) is 43.5 Å². The van der Waals surface area contributed by atoms with Crippen molar-refractivity contribution >= 4 is 17.1 Å². The lowest BCUT2D eigenvalue weighted by Gasteiger charge is -2.15. The van der Waals surface area contributed by atoms with Gasteiger partial charge in [-0.3, -0.25) is 4.79 Å². The molecule has 0 N–H and O–H groups in total. The SMILES string of the molecule is Cc1ccc(C(=O)CCN(C)CCc2cccs2)cc1F. The number of benzene rings is 1. The second-order valence-corrected chi connectivity index (χ2v) is 6.30. The Morgan fingerprint density at radius 2 is 2.10 bits per heavy atom. The van der Waals surface area contributed by atoms with Gasteiger partial charge in [0, 0.05) is 30.0 Å². The van der Waals surface area contributed by atoms with Gasteiger partial charge in [0.1, 0.15) is 5.82 Å². The van der Waals surface area contributed by atoms with Crippen molar-refractivity contribution in [3.63, 3.8) is 0 Å². The zero-order chi connectivity index (χ0) is 15.2. The van der Waals surface area contributed by atoms with Gasteiger partial charge in [0.05, 0.1) is 0 Å². The predicted molar refractivity (Wildman–Crippen MR) is 85.6 cm³/mol. The lowest BCUT2D eigenvalue weighted by Crippen LogP contribution is -2.24. The third-order valence-electron chi connectivity index (χ3n) is 3.53. The fourth-order valence-corrected chi connectivity index (χ4v) is 2.77. The van der Waals surface area contributed by atoms with E-state index >= 15 is 0 Å². The Morgan fingerprint density at radius 1 is 1.29 bits per heavy atom. The molecule has 0 fully saturated rings. The van der Waals surface area contributed by atoms with E-state index in [4.69, 9.17) is 0 Å². The van der Waals surface area contributed by atoms with Gasteiger partial charge in [-0.1, -0.05) is 18.2 Å². The summed E-state index contributed by atoms with van der Waals surface area (Å²) in [6, 6.07) is 8.87. The smallest absolute Gasteiger partial charge is 0.164 e. The molecule has 0 saturated heterocycles. The number of ketones is 1. The third-order valence-corrected chi connectivity index (χ3v) is 4.47. The minimum Gasteiger partial charge on any atom is -0.306 e. The van der Waals surface area contributed by atoms with Crippen LogP contribution in [0.3, 0.4) is 0 Å². The highest BCUT2D eigenvalue weighted by molar-refractivity contribution is 7.09. The molecule has 2 rings (SSSR count). The number of carbonyl (C=O) groups excluding carboxylic acids is 1. The first-order chi connectivity index (χ1) is 10.1. The van der Waals surface area contributed by atoms with Crippen molar-refractivity contribution in [1.82, 2.24) is 4.90 Å². The molecule has 4 heteroatoms. The van der Waals surface area contributed by atoms with Gasteiger partial charge < -0.3 is 4.90 Å². The Morgan fingerprint density at radius 3 is 2.76 bits per heavy atom. The molecule has 0 radical (unpaired) electrons. The highest BCUT2D eigenvalue weighted by atomic mass is 32.1. The minimum atomic E-state index is -0.313. The molecule has 0 saturated carbocycles. The molecular weight excluding hydrogens is 285 g/mol. The summed E-state index contributed by atoms with van der Waals surface area (Å²) in [6.45, 7) is 3.32. The summed E-state index contributed by atoms with van der Waals surface area (Å²) >= 11 is 1.75. The van der Waals surface area contributed by atoms with E-state index in [1.807, 2.05) is 7.05 Å². The number of hydrogen-bond donors (Lipinski definition) is 0. The Bertz CT molecular complexity index is 595. The molecule has 21 heavy (non-hydrogen) atoms. The van der Waals surface area contributed by atoms with Crippen LogP contribution in [0.5, 0.6) is 0 Å². The van der Waals surface area contributed by atoms with Crippen molar-refractivity contribution in [2.45, 2.75) is 19.8 Å². The molecule has 0 unspecified atom stereocenters. The quantitative estimate of drug-likeness (QED) is 0.722. The van der Waals surface area contributed by atoms with Crippen LogP contribution >= 0.6 is 11.3 Å². The van der Waals surface area contributed by atoms with E-state index in [9.17, 15) is 9.18 Å². The maximum atomic E-state index is 13.5. The molecule has 0 amide bonds. The number of hydrogen-bond acceptors (Lipinski definition) is 3. The van der Waals surface area contributed by atoms with Gasteiger partial charge in [0.15, 0.2) is 5.78 Å². The molecule has 2 aromatic rings. The summed E-state index contributed by atoms with van der Waals surface area (Å²) in [7, 11) is 2.01. The molecule has 0 bridgehead atoms. The topological polar surface area (TPSA) is 20.3 Å². The summed E-state index contributed by atoms with van der Waals surface area (Å²) in [6.07, 6.45) is 1.42. The number of carbonyl (C=O) groups is 1. The molecule has 1 heterocycles. The van der Waals surface area contributed by atoms with Crippen LogP contribution in [0.1, 0.15) is 27.2 Å². The summed E-state index contributed by atoms with van der Waals surface area (Å²) in [4.78, 5) is 15.6. The second kappa shape index (κ2) is 7.48. The van der Waals surface area contributed by atoms with Crippen LogP contribution in [0.15, 0.2) is 35.7 Å². The summed E-state index contributed by atoms with van der Waals surface area (Å²) in [5, 5.41) is 2.07. The number of nitrogens with zero attached hydrogens (tertiary/aromatic N) is 1. The highest BCUT2D eigenvalue weighted by Crippen LogP contribution is 2.12. The van der Waals surface area contributed by atoms with E-state index in [2.05, 4.69) is 22.4 Å². The molecule has 0 aliphatic carbocycles. The van der Waals surface area contributed by atoms with Gasteiger partial charge in [-0.25, -0.2) is 4.39 Å². The lowest BCUT2D eigenvalue weighted by molar-refractivity contribution is 0.0969. The standard InChI is InChI=1S/C17H20FNOS/c1-13-5-6-14(12-16(13)18)17(20)8-10-19(2)9-7-15-4-3-11-21-15/h3-6,11-12H,7-10H2,1-2H3. The van der Waals surface area contributed by atoms with E-state index in [1.54, 1.807) is 30.4 Å². The second-order valence-electron chi connectivity index (χ2n) is 5.27.